The van der Waals surface area contributed by atoms with E-state index in [1.807, 2.05) is 17.0 Å². The lowest BCUT2D eigenvalue weighted by molar-refractivity contribution is -0.133. The minimum Gasteiger partial charge on any atom is -0.341 e. The molecule has 146 valence electrons. The van der Waals surface area contributed by atoms with Crippen LogP contribution in [-0.4, -0.2) is 43.3 Å². The molecule has 1 amide bonds. The van der Waals surface area contributed by atoms with E-state index in [1.165, 1.54) is 10.2 Å². The Morgan fingerprint density at radius 1 is 1.07 bits per heavy atom. The van der Waals surface area contributed by atoms with Crippen molar-refractivity contribution in [2.45, 2.75) is 46.1 Å². The minimum absolute atomic E-state index is 0.0259. The van der Waals surface area contributed by atoms with Crippen molar-refractivity contribution >= 4 is 11.4 Å². The fraction of sp³-hybridized carbons (Fsp3) is 0.429. The second-order valence-corrected chi connectivity index (χ2v) is 7.33. The summed E-state index contributed by atoms with van der Waals surface area (Å²) in [6, 6.07) is 9.95. The highest BCUT2D eigenvalue weighted by molar-refractivity contribution is 5.76. The number of rotatable bonds is 4. The Morgan fingerprint density at radius 2 is 1.79 bits per heavy atom. The van der Waals surface area contributed by atoms with E-state index >= 15 is 0 Å². The molecule has 1 aliphatic heterocycles. The van der Waals surface area contributed by atoms with Crippen LogP contribution in [0.1, 0.15) is 37.6 Å². The normalized spacial score (nSPS) is 14.6. The molecule has 7 nitrogen and oxygen atoms in total. The zero-order valence-electron chi connectivity index (χ0n) is 16.4. The number of piperidine rings is 1. The van der Waals surface area contributed by atoms with Crippen LogP contribution >= 0.6 is 0 Å². The number of carbonyl (C=O) groups is 1. The number of amides is 1. The summed E-state index contributed by atoms with van der Waals surface area (Å²) in [5.41, 5.74) is 3.08. The molecule has 0 N–H and O–H groups in total. The van der Waals surface area contributed by atoms with Gasteiger partial charge < -0.3 is 4.90 Å². The molecule has 1 aliphatic rings. The van der Waals surface area contributed by atoms with Crippen LogP contribution in [0.3, 0.4) is 0 Å². The van der Waals surface area contributed by atoms with Crippen LogP contribution in [0.15, 0.2) is 35.1 Å². The van der Waals surface area contributed by atoms with E-state index < -0.39 is 0 Å². The van der Waals surface area contributed by atoms with Crippen molar-refractivity contribution < 1.29 is 4.79 Å². The summed E-state index contributed by atoms with van der Waals surface area (Å²) in [6.07, 6.45) is 4.18. The molecule has 1 fully saturated rings. The number of aromatic nitrogens is 4. The van der Waals surface area contributed by atoms with Gasteiger partial charge in [0.05, 0.1) is 5.69 Å². The van der Waals surface area contributed by atoms with E-state index in [4.69, 9.17) is 0 Å². The molecule has 2 aromatic heterocycles. The summed E-state index contributed by atoms with van der Waals surface area (Å²) in [4.78, 5) is 27.3. The molecule has 3 heterocycles. The zero-order valence-corrected chi connectivity index (χ0v) is 16.4. The topological polar surface area (TPSA) is 72.5 Å². The largest absolute Gasteiger partial charge is 0.341 e. The van der Waals surface area contributed by atoms with Gasteiger partial charge in [-0.3, -0.25) is 9.59 Å². The van der Waals surface area contributed by atoms with Crippen molar-refractivity contribution in [2.24, 2.45) is 0 Å². The Hall–Kier alpha value is -2.96. The predicted molar refractivity (Wildman–Crippen MR) is 107 cm³/mol. The van der Waals surface area contributed by atoms with Crippen LogP contribution in [0.5, 0.6) is 0 Å². The van der Waals surface area contributed by atoms with Crippen LogP contribution < -0.4 is 5.56 Å². The van der Waals surface area contributed by atoms with Crippen LogP contribution in [0.25, 0.3) is 16.8 Å². The third kappa shape index (κ3) is 3.44. The quantitative estimate of drug-likeness (QED) is 0.698. The first-order valence-electron chi connectivity index (χ1n) is 9.91. The van der Waals surface area contributed by atoms with E-state index in [9.17, 15) is 9.59 Å². The van der Waals surface area contributed by atoms with Crippen molar-refractivity contribution in [3.63, 3.8) is 0 Å². The SMILES string of the molecule is CCc1ccc(-c2cc3c(=O)n(CC(=O)N4CCCCC4)nc(C)n3n2)cc1. The number of nitrogens with zero attached hydrogens (tertiary/aromatic N) is 5. The summed E-state index contributed by atoms with van der Waals surface area (Å²) in [6.45, 7) is 5.41. The summed E-state index contributed by atoms with van der Waals surface area (Å²) < 4.78 is 2.83. The number of likely N-dealkylation sites (tertiary alicyclic amines) is 1. The van der Waals surface area contributed by atoms with Gasteiger partial charge in [-0.2, -0.15) is 10.2 Å². The molecule has 0 spiro atoms. The third-order valence-corrected chi connectivity index (χ3v) is 5.39. The number of fused-ring (bicyclic) bond motifs is 1. The summed E-state index contributed by atoms with van der Waals surface area (Å²) >= 11 is 0. The molecule has 0 atom stereocenters. The van der Waals surface area contributed by atoms with Gasteiger partial charge in [0.15, 0.2) is 0 Å². The molecule has 0 saturated carbocycles. The van der Waals surface area contributed by atoms with Crippen LogP contribution in [0, 0.1) is 6.92 Å². The lowest BCUT2D eigenvalue weighted by Gasteiger charge is -2.26. The summed E-state index contributed by atoms with van der Waals surface area (Å²) in [7, 11) is 0. The van der Waals surface area contributed by atoms with Crippen LogP contribution in [0.4, 0.5) is 0 Å². The van der Waals surface area contributed by atoms with Gasteiger partial charge in [-0.05, 0) is 44.2 Å². The van der Waals surface area contributed by atoms with E-state index in [0.717, 1.165) is 50.0 Å². The maximum absolute atomic E-state index is 12.9. The van der Waals surface area contributed by atoms with Crippen molar-refractivity contribution in [3.05, 3.63) is 52.1 Å². The average Bonchev–Trinajstić information content (AvgIpc) is 3.19. The fourth-order valence-electron chi connectivity index (χ4n) is 3.71. The van der Waals surface area contributed by atoms with E-state index in [0.29, 0.717) is 11.3 Å². The van der Waals surface area contributed by atoms with Gasteiger partial charge in [0, 0.05) is 18.7 Å². The van der Waals surface area contributed by atoms with E-state index in [1.54, 1.807) is 17.5 Å². The monoisotopic (exact) mass is 379 g/mol. The number of hydrogen-bond acceptors (Lipinski definition) is 4. The first kappa shape index (κ1) is 18.4. The first-order chi connectivity index (χ1) is 13.6. The zero-order chi connectivity index (χ0) is 19.7. The molecular weight excluding hydrogens is 354 g/mol. The van der Waals surface area contributed by atoms with Crippen LogP contribution in [-0.2, 0) is 17.8 Å². The van der Waals surface area contributed by atoms with Gasteiger partial charge in [-0.25, -0.2) is 9.20 Å². The van der Waals surface area contributed by atoms with Gasteiger partial charge in [-0.1, -0.05) is 31.2 Å². The van der Waals surface area contributed by atoms with Crippen molar-refractivity contribution in [1.82, 2.24) is 24.3 Å². The molecule has 0 bridgehead atoms. The lowest BCUT2D eigenvalue weighted by Crippen LogP contribution is -2.40. The molecule has 1 aromatic carbocycles. The molecule has 7 heteroatoms. The number of aryl methyl sites for hydroxylation is 2. The Balaban J connectivity index is 1.67. The maximum Gasteiger partial charge on any atom is 0.293 e. The van der Waals surface area contributed by atoms with E-state index in [-0.39, 0.29) is 18.0 Å². The van der Waals surface area contributed by atoms with Crippen molar-refractivity contribution in [2.75, 3.05) is 13.1 Å². The Morgan fingerprint density at radius 3 is 2.46 bits per heavy atom. The lowest BCUT2D eigenvalue weighted by atomic mass is 10.1. The number of benzene rings is 1. The first-order valence-corrected chi connectivity index (χ1v) is 9.91. The fourth-order valence-corrected chi connectivity index (χ4v) is 3.71. The minimum atomic E-state index is -0.292. The van der Waals surface area contributed by atoms with Crippen LogP contribution in [0.2, 0.25) is 0 Å². The van der Waals surface area contributed by atoms with Gasteiger partial charge in [-0.15, -0.1) is 0 Å². The Kier molecular flexibility index (Phi) is 4.98. The summed E-state index contributed by atoms with van der Waals surface area (Å²) in [5.74, 6) is 0.533. The van der Waals surface area contributed by atoms with Crippen molar-refractivity contribution in [1.29, 1.82) is 0 Å². The standard InChI is InChI=1S/C21H25N5O2/c1-3-16-7-9-17(10-8-16)18-13-19-21(28)25(22-15(2)26(19)23-18)14-20(27)24-11-5-4-6-12-24/h7-10,13H,3-6,11-12,14H2,1-2H3. The van der Waals surface area contributed by atoms with Gasteiger partial charge in [0.25, 0.3) is 5.56 Å². The van der Waals surface area contributed by atoms with Gasteiger partial charge in [0.1, 0.15) is 17.9 Å². The van der Waals surface area contributed by atoms with Gasteiger partial charge >= 0.3 is 0 Å². The second kappa shape index (κ2) is 7.58. The Labute approximate surface area is 163 Å². The van der Waals surface area contributed by atoms with Gasteiger partial charge in [0.2, 0.25) is 5.91 Å². The molecule has 28 heavy (non-hydrogen) atoms. The molecule has 0 unspecified atom stereocenters. The molecule has 4 rings (SSSR count). The third-order valence-electron chi connectivity index (χ3n) is 5.39. The predicted octanol–water partition coefficient (Wildman–Crippen LogP) is 2.44. The maximum atomic E-state index is 12.9. The average molecular weight is 379 g/mol. The van der Waals surface area contributed by atoms with E-state index in [2.05, 4.69) is 29.3 Å². The highest BCUT2D eigenvalue weighted by Crippen LogP contribution is 2.20. The molecule has 1 saturated heterocycles. The molecular formula is C21H25N5O2. The molecule has 0 aliphatic carbocycles. The Bertz CT molecular complexity index is 1060. The molecule has 0 radical (unpaired) electrons. The highest BCUT2D eigenvalue weighted by atomic mass is 16.2. The molecule has 3 aromatic rings. The highest BCUT2D eigenvalue weighted by Gasteiger charge is 2.19. The number of hydrogen-bond donors (Lipinski definition) is 0. The second-order valence-electron chi connectivity index (χ2n) is 7.33. The smallest absolute Gasteiger partial charge is 0.293 e. The summed E-state index contributed by atoms with van der Waals surface area (Å²) in [5, 5.41) is 8.88. The van der Waals surface area contributed by atoms with Crippen molar-refractivity contribution in [3.8, 4) is 11.3 Å². The number of carbonyl (C=O) groups excluding carboxylic acids is 1.